The molecule has 0 saturated heterocycles. The fourth-order valence-electron chi connectivity index (χ4n) is 3.11. The van der Waals surface area contributed by atoms with Crippen LogP contribution >= 0.6 is 0 Å². The van der Waals surface area contributed by atoms with Crippen LogP contribution in [0.1, 0.15) is 45.1 Å². The van der Waals surface area contributed by atoms with Crippen molar-refractivity contribution >= 4 is 21.6 Å². The average molecular weight is 433 g/mol. The quantitative estimate of drug-likeness (QED) is 0.537. The molecule has 0 spiro atoms. The maximum atomic E-state index is 13.0. The van der Waals surface area contributed by atoms with Gasteiger partial charge in [0.1, 0.15) is 5.75 Å². The first-order valence-electron chi connectivity index (χ1n) is 10.4. The van der Waals surface area contributed by atoms with E-state index < -0.39 is 10.0 Å². The summed E-state index contributed by atoms with van der Waals surface area (Å²) in [5, 5.41) is 2.82. The fourth-order valence-corrected chi connectivity index (χ4v) is 4.62. The molecule has 0 unspecified atom stereocenters. The van der Waals surface area contributed by atoms with Crippen molar-refractivity contribution in [1.82, 2.24) is 4.31 Å². The van der Waals surface area contributed by atoms with Crippen molar-refractivity contribution in [2.75, 3.05) is 25.5 Å². The van der Waals surface area contributed by atoms with Crippen LogP contribution < -0.4 is 10.1 Å². The van der Waals surface area contributed by atoms with E-state index in [1.54, 1.807) is 35.7 Å². The monoisotopic (exact) mass is 432 g/mol. The lowest BCUT2D eigenvalue weighted by molar-refractivity contribution is -0.115. The van der Waals surface area contributed by atoms with Crippen molar-refractivity contribution in [3.63, 3.8) is 0 Å². The largest absolute Gasteiger partial charge is 0.496 e. The molecule has 0 aliphatic carbocycles. The van der Waals surface area contributed by atoms with Gasteiger partial charge >= 0.3 is 0 Å². The Morgan fingerprint density at radius 3 is 2.13 bits per heavy atom. The van der Waals surface area contributed by atoms with Gasteiger partial charge in [0.15, 0.2) is 0 Å². The summed E-state index contributed by atoms with van der Waals surface area (Å²) in [5.74, 6) is 0.468. The van der Waals surface area contributed by atoms with Crippen LogP contribution in [0.25, 0.3) is 0 Å². The highest BCUT2D eigenvalue weighted by Crippen LogP contribution is 2.21. The van der Waals surface area contributed by atoms with Gasteiger partial charge in [0.05, 0.1) is 18.4 Å². The van der Waals surface area contributed by atoms with E-state index >= 15 is 0 Å². The molecule has 0 bridgehead atoms. The highest BCUT2D eigenvalue weighted by molar-refractivity contribution is 7.89. The van der Waals surface area contributed by atoms with Crippen molar-refractivity contribution in [2.45, 2.75) is 50.8 Å². The normalized spacial score (nSPS) is 11.5. The third kappa shape index (κ3) is 6.57. The van der Waals surface area contributed by atoms with E-state index in [1.807, 2.05) is 38.1 Å². The topological polar surface area (TPSA) is 75.7 Å². The molecule has 1 amide bonds. The number of methoxy groups -OCH3 is 1. The molecule has 0 radical (unpaired) electrons. The number of ether oxygens (including phenoxy) is 1. The van der Waals surface area contributed by atoms with Crippen LogP contribution in [0.15, 0.2) is 53.4 Å². The lowest BCUT2D eigenvalue weighted by Gasteiger charge is -2.22. The number of amides is 1. The van der Waals surface area contributed by atoms with Crippen molar-refractivity contribution in [3.05, 3.63) is 54.1 Å². The Morgan fingerprint density at radius 1 is 0.967 bits per heavy atom. The first-order valence-corrected chi connectivity index (χ1v) is 11.9. The second kappa shape index (κ2) is 11.7. The lowest BCUT2D eigenvalue weighted by atomic mass is 10.1. The number of para-hydroxylation sites is 1. The molecular formula is C23H32N2O4S. The van der Waals surface area contributed by atoms with Gasteiger partial charge in [-0.05, 0) is 43.2 Å². The summed E-state index contributed by atoms with van der Waals surface area (Å²) < 4.78 is 32.9. The van der Waals surface area contributed by atoms with Crippen LogP contribution in [-0.4, -0.2) is 38.8 Å². The predicted octanol–water partition coefficient (Wildman–Crippen LogP) is 4.47. The van der Waals surface area contributed by atoms with Gasteiger partial charge in [-0.25, -0.2) is 8.42 Å². The van der Waals surface area contributed by atoms with Crippen LogP contribution in [0.2, 0.25) is 0 Å². The van der Waals surface area contributed by atoms with E-state index in [-0.39, 0.29) is 17.2 Å². The van der Waals surface area contributed by atoms with Gasteiger partial charge in [0.25, 0.3) is 0 Å². The van der Waals surface area contributed by atoms with Crippen LogP contribution in [0.3, 0.4) is 0 Å². The van der Waals surface area contributed by atoms with Crippen molar-refractivity contribution in [1.29, 1.82) is 0 Å². The summed E-state index contributed by atoms with van der Waals surface area (Å²) in [5.41, 5.74) is 1.35. The van der Waals surface area contributed by atoms with Crippen LogP contribution in [-0.2, 0) is 21.2 Å². The molecule has 2 aromatic rings. The zero-order valence-corrected chi connectivity index (χ0v) is 18.9. The second-order valence-corrected chi connectivity index (χ2v) is 9.11. The Morgan fingerprint density at radius 2 is 1.57 bits per heavy atom. The highest BCUT2D eigenvalue weighted by atomic mass is 32.2. The number of rotatable bonds is 12. The Balaban J connectivity index is 2.08. The van der Waals surface area contributed by atoms with Gasteiger partial charge in [-0.2, -0.15) is 4.31 Å². The van der Waals surface area contributed by atoms with E-state index in [1.165, 1.54) is 0 Å². The zero-order valence-electron chi connectivity index (χ0n) is 18.1. The molecule has 164 valence electrons. The van der Waals surface area contributed by atoms with Crippen LogP contribution in [0, 0.1) is 0 Å². The number of carbonyl (C=O) groups is 1. The molecule has 30 heavy (non-hydrogen) atoms. The number of nitrogens with zero attached hydrogens (tertiary/aromatic N) is 1. The summed E-state index contributed by atoms with van der Waals surface area (Å²) in [7, 11) is -1.97. The molecule has 0 atom stereocenters. The number of carbonyl (C=O) groups excluding carboxylic acids is 1. The number of anilines is 1. The molecular weight excluding hydrogens is 400 g/mol. The van der Waals surface area contributed by atoms with Crippen molar-refractivity contribution in [3.8, 4) is 5.75 Å². The van der Waals surface area contributed by atoms with E-state index in [9.17, 15) is 13.2 Å². The van der Waals surface area contributed by atoms with Gasteiger partial charge in [-0.3, -0.25) is 4.79 Å². The highest BCUT2D eigenvalue weighted by Gasteiger charge is 2.23. The van der Waals surface area contributed by atoms with Crippen molar-refractivity contribution < 1.29 is 17.9 Å². The van der Waals surface area contributed by atoms with E-state index in [0.717, 1.165) is 31.2 Å². The predicted molar refractivity (Wildman–Crippen MR) is 120 cm³/mol. The van der Waals surface area contributed by atoms with Gasteiger partial charge in [0, 0.05) is 24.3 Å². The summed E-state index contributed by atoms with van der Waals surface area (Å²) >= 11 is 0. The Bertz CT molecular complexity index is 903. The van der Waals surface area contributed by atoms with Gasteiger partial charge in [-0.15, -0.1) is 0 Å². The molecule has 0 aliphatic heterocycles. The van der Waals surface area contributed by atoms with Crippen LogP contribution in [0.5, 0.6) is 5.75 Å². The molecule has 7 heteroatoms. The summed E-state index contributed by atoms with van der Waals surface area (Å²) in [6.07, 6.45) is 3.72. The first-order chi connectivity index (χ1) is 14.4. The molecule has 0 heterocycles. The molecule has 0 saturated carbocycles. The number of unbranched alkanes of at least 4 members (excludes halogenated alkanes) is 2. The number of sulfonamides is 1. The standard InChI is InChI=1S/C23H32N2O4S/c1-4-6-16-25(17-7-5-2)30(27,28)21-14-12-20(13-15-21)24-23(26)18-19-10-8-9-11-22(19)29-3/h8-15H,4-7,16-18H2,1-3H3,(H,24,26). The first kappa shape index (κ1) is 23.9. The molecule has 0 fully saturated rings. The zero-order chi connectivity index (χ0) is 22.0. The molecule has 2 aromatic carbocycles. The smallest absolute Gasteiger partial charge is 0.243 e. The number of hydrogen-bond acceptors (Lipinski definition) is 4. The fraction of sp³-hybridized carbons (Fsp3) is 0.435. The minimum absolute atomic E-state index is 0.172. The van der Waals surface area contributed by atoms with Crippen LogP contribution in [0.4, 0.5) is 5.69 Å². The second-order valence-electron chi connectivity index (χ2n) is 7.17. The molecule has 0 aliphatic rings. The number of hydrogen-bond donors (Lipinski definition) is 1. The van der Waals surface area contributed by atoms with Crippen molar-refractivity contribution in [2.24, 2.45) is 0 Å². The minimum Gasteiger partial charge on any atom is -0.496 e. The third-order valence-electron chi connectivity index (χ3n) is 4.84. The summed E-state index contributed by atoms with van der Waals surface area (Å²) in [6, 6.07) is 13.7. The van der Waals surface area contributed by atoms with Gasteiger partial charge < -0.3 is 10.1 Å². The molecule has 0 aromatic heterocycles. The Hall–Kier alpha value is -2.38. The van der Waals surface area contributed by atoms with E-state index in [0.29, 0.717) is 24.5 Å². The third-order valence-corrected chi connectivity index (χ3v) is 6.75. The molecule has 2 rings (SSSR count). The molecule has 1 N–H and O–H groups in total. The summed E-state index contributed by atoms with van der Waals surface area (Å²) in [4.78, 5) is 12.6. The minimum atomic E-state index is -3.54. The summed E-state index contributed by atoms with van der Waals surface area (Å²) in [6.45, 7) is 5.15. The Kier molecular flexibility index (Phi) is 9.33. The van der Waals surface area contributed by atoms with Gasteiger partial charge in [-0.1, -0.05) is 44.9 Å². The number of benzene rings is 2. The Labute approximate surface area is 180 Å². The van der Waals surface area contributed by atoms with E-state index in [4.69, 9.17) is 4.74 Å². The van der Waals surface area contributed by atoms with Gasteiger partial charge in [0.2, 0.25) is 15.9 Å². The SMILES string of the molecule is CCCCN(CCCC)S(=O)(=O)c1ccc(NC(=O)Cc2ccccc2OC)cc1. The number of nitrogens with one attached hydrogen (secondary N) is 1. The lowest BCUT2D eigenvalue weighted by Crippen LogP contribution is -2.33. The molecule has 6 nitrogen and oxygen atoms in total. The van der Waals surface area contributed by atoms with E-state index in [2.05, 4.69) is 5.32 Å². The average Bonchev–Trinajstić information content (AvgIpc) is 2.74. The maximum absolute atomic E-state index is 13.0. The maximum Gasteiger partial charge on any atom is 0.243 e.